The molecule has 32 heavy (non-hydrogen) atoms. The Kier molecular flexibility index (Phi) is 7.19. The number of benzene rings is 2. The summed E-state index contributed by atoms with van der Waals surface area (Å²) in [6, 6.07) is 19.1. The summed E-state index contributed by atoms with van der Waals surface area (Å²) in [5.74, 6) is -1.34. The van der Waals surface area contributed by atoms with Crippen molar-refractivity contribution < 1.29 is 18.3 Å². The molecule has 5 nitrogen and oxygen atoms in total. The Morgan fingerprint density at radius 3 is 2.38 bits per heavy atom. The molecular formula is C25H25F2N3O2. The van der Waals surface area contributed by atoms with Gasteiger partial charge in [-0.25, -0.2) is 8.78 Å². The molecule has 1 saturated heterocycles. The normalized spacial score (nSPS) is 17.4. The molecule has 2 aromatic carbocycles. The van der Waals surface area contributed by atoms with Crippen LogP contribution in [0.5, 0.6) is 0 Å². The van der Waals surface area contributed by atoms with Gasteiger partial charge in [0.1, 0.15) is 11.6 Å². The Morgan fingerprint density at radius 1 is 0.906 bits per heavy atom. The van der Waals surface area contributed by atoms with Crippen LogP contribution in [0.25, 0.3) is 0 Å². The third-order valence-corrected chi connectivity index (χ3v) is 5.45. The molecule has 1 fully saturated rings. The van der Waals surface area contributed by atoms with Crippen LogP contribution >= 0.6 is 0 Å². The van der Waals surface area contributed by atoms with Gasteiger partial charge in [0.2, 0.25) is 5.91 Å². The number of aromatic nitrogens is 1. The van der Waals surface area contributed by atoms with Gasteiger partial charge in [0.15, 0.2) is 0 Å². The topological polar surface area (TPSA) is 45.7 Å². The first-order valence-corrected chi connectivity index (χ1v) is 10.6. The highest BCUT2D eigenvalue weighted by molar-refractivity contribution is 5.78. The zero-order valence-corrected chi connectivity index (χ0v) is 17.7. The van der Waals surface area contributed by atoms with Crippen molar-refractivity contribution in [3.05, 3.63) is 101 Å². The quantitative estimate of drug-likeness (QED) is 0.564. The Morgan fingerprint density at radius 2 is 1.66 bits per heavy atom. The maximum absolute atomic E-state index is 14.2. The summed E-state index contributed by atoms with van der Waals surface area (Å²) < 4.78 is 34.6. The molecule has 1 atom stereocenters. The lowest BCUT2D eigenvalue weighted by atomic mass is 10.1. The minimum atomic E-state index is -0.617. The first kappa shape index (κ1) is 22.0. The molecule has 1 aromatic heterocycles. The van der Waals surface area contributed by atoms with Gasteiger partial charge in [-0.2, -0.15) is 0 Å². The predicted molar refractivity (Wildman–Crippen MR) is 116 cm³/mol. The van der Waals surface area contributed by atoms with Crippen molar-refractivity contribution in [2.24, 2.45) is 0 Å². The molecule has 0 saturated carbocycles. The number of carbonyl (C=O) groups excluding carboxylic acids is 1. The number of nitrogens with zero attached hydrogens (tertiary/aromatic N) is 3. The van der Waals surface area contributed by atoms with Crippen molar-refractivity contribution in [1.82, 2.24) is 14.8 Å². The van der Waals surface area contributed by atoms with Gasteiger partial charge in [-0.1, -0.05) is 42.5 Å². The fourth-order valence-electron chi connectivity index (χ4n) is 3.83. The summed E-state index contributed by atoms with van der Waals surface area (Å²) in [5.41, 5.74) is 1.75. The van der Waals surface area contributed by atoms with Gasteiger partial charge in [-0.15, -0.1) is 0 Å². The second-order valence-electron chi connectivity index (χ2n) is 7.88. The summed E-state index contributed by atoms with van der Waals surface area (Å²) in [7, 11) is 0. The molecule has 0 N–H and O–H groups in total. The fourth-order valence-corrected chi connectivity index (χ4v) is 3.83. The van der Waals surface area contributed by atoms with Crippen molar-refractivity contribution in [2.45, 2.75) is 25.8 Å². The van der Waals surface area contributed by atoms with Gasteiger partial charge >= 0.3 is 0 Å². The van der Waals surface area contributed by atoms with E-state index >= 15 is 0 Å². The Bertz CT molecular complexity index is 1010. The molecule has 0 bridgehead atoms. The average molecular weight is 437 g/mol. The maximum Gasteiger partial charge on any atom is 0.237 e. The summed E-state index contributed by atoms with van der Waals surface area (Å²) in [5, 5.41) is 0. The van der Waals surface area contributed by atoms with Gasteiger partial charge < -0.3 is 9.64 Å². The molecule has 2 heterocycles. The zero-order chi connectivity index (χ0) is 22.3. The number of amides is 1. The largest absolute Gasteiger partial charge is 0.369 e. The minimum Gasteiger partial charge on any atom is -0.369 e. The number of hydrogen-bond acceptors (Lipinski definition) is 4. The summed E-state index contributed by atoms with van der Waals surface area (Å²) in [6.45, 7) is 1.55. The van der Waals surface area contributed by atoms with Crippen molar-refractivity contribution >= 4 is 5.91 Å². The van der Waals surface area contributed by atoms with Crippen LogP contribution in [0, 0.1) is 11.6 Å². The van der Waals surface area contributed by atoms with E-state index in [9.17, 15) is 13.6 Å². The Balaban J connectivity index is 1.52. The van der Waals surface area contributed by atoms with Crippen molar-refractivity contribution in [1.29, 1.82) is 0 Å². The lowest BCUT2D eigenvalue weighted by Gasteiger charge is -2.25. The van der Waals surface area contributed by atoms with Gasteiger partial charge in [0.05, 0.1) is 24.9 Å². The third kappa shape index (κ3) is 5.75. The number of ether oxygens (including phenoxy) is 1. The van der Waals surface area contributed by atoms with E-state index < -0.39 is 11.6 Å². The molecule has 0 radical (unpaired) electrons. The first-order chi connectivity index (χ1) is 15.6. The Hall–Kier alpha value is -3.16. The van der Waals surface area contributed by atoms with E-state index in [0.717, 1.165) is 11.3 Å². The first-order valence-electron chi connectivity index (χ1n) is 10.6. The van der Waals surface area contributed by atoms with E-state index in [0.29, 0.717) is 26.2 Å². The smallest absolute Gasteiger partial charge is 0.237 e. The molecule has 7 heteroatoms. The van der Waals surface area contributed by atoms with Gasteiger partial charge in [-0.05, 0) is 29.8 Å². The van der Waals surface area contributed by atoms with Crippen LogP contribution in [-0.4, -0.2) is 46.4 Å². The van der Waals surface area contributed by atoms with Crippen molar-refractivity contribution in [3.63, 3.8) is 0 Å². The van der Waals surface area contributed by atoms with Crippen LogP contribution < -0.4 is 0 Å². The maximum atomic E-state index is 14.2. The molecule has 166 valence electrons. The highest BCUT2D eigenvalue weighted by atomic mass is 19.1. The minimum absolute atomic E-state index is 0.00707. The highest BCUT2D eigenvalue weighted by Crippen LogP contribution is 2.19. The number of carbonyl (C=O) groups is 1. The number of rotatable bonds is 7. The van der Waals surface area contributed by atoms with Crippen LogP contribution in [0.3, 0.4) is 0 Å². The molecule has 1 unspecified atom stereocenters. The predicted octanol–water partition coefficient (Wildman–Crippen LogP) is 3.79. The lowest BCUT2D eigenvalue weighted by molar-refractivity contribution is -0.132. The average Bonchev–Trinajstić information content (AvgIpc) is 2.94. The molecule has 1 aliphatic rings. The second-order valence-corrected chi connectivity index (χ2v) is 7.88. The monoisotopic (exact) mass is 437 g/mol. The summed E-state index contributed by atoms with van der Waals surface area (Å²) in [6.07, 6.45) is 1.37. The number of hydrogen-bond donors (Lipinski definition) is 0. The van der Waals surface area contributed by atoms with Crippen LogP contribution in [0.15, 0.2) is 72.9 Å². The standard InChI is InChI=1S/C25H25F2N3O2/c26-23-10-6-11-24(27)22(23)16-29-14-21(32-18-20-9-4-5-12-28-20)15-30(25(31)17-29)13-19-7-2-1-3-8-19/h1-12,21H,13-18H2. The molecule has 3 aromatic rings. The Labute approximate surface area is 186 Å². The van der Waals surface area contributed by atoms with E-state index in [4.69, 9.17) is 4.74 Å². The van der Waals surface area contributed by atoms with Crippen LogP contribution in [0.1, 0.15) is 16.8 Å². The van der Waals surface area contributed by atoms with Crippen molar-refractivity contribution in [3.8, 4) is 0 Å². The molecule has 1 aliphatic heterocycles. The van der Waals surface area contributed by atoms with Gasteiger partial charge in [-0.3, -0.25) is 14.7 Å². The molecule has 0 spiro atoms. The zero-order valence-electron chi connectivity index (χ0n) is 17.7. The fraction of sp³-hybridized carbons (Fsp3) is 0.280. The van der Waals surface area contributed by atoms with E-state index in [-0.39, 0.29) is 30.7 Å². The van der Waals surface area contributed by atoms with Gasteiger partial charge in [0.25, 0.3) is 0 Å². The van der Waals surface area contributed by atoms with E-state index in [1.807, 2.05) is 48.5 Å². The molecule has 0 aliphatic carbocycles. The van der Waals surface area contributed by atoms with Crippen molar-refractivity contribution in [2.75, 3.05) is 19.6 Å². The van der Waals surface area contributed by atoms with E-state index in [1.165, 1.54) is 18.2 Å². The summed E-state index contributed by atoms with van der Waals surface area (Å²) >= 11 is 0. The molecule has 4 rings (SSSR count). The van der Waals surface area contributed by atoms with Crippen LogP contribution in [0.2, 0.25) is 0 Å². The number of pyridine rings is 1. The lowest BCUT2D eigenvalue weighted by Crippen LogP contribution is -2.37. The second kappa shape index (κ2) is 10.4. The van der Waals surface area contributed by atoms with Crippen LogP contribution in [0.4, 0.5) is 8.78 Å². The van der Waals surface area contributed by atoms with Crippen LogP contribution in [-0.2, 0) is 29.2 Å². The summed E-state index contributed by atoms with van der Waals surface area (Å²) in [4.78, 5) is 20.8. The highest BCUT2D eigenvalue weighted by Gasteiger charge is 2.29. The number of halogens is 2. The van der Waals surface area contributed by atoms with Gasteiger partial charge in [0, 0.05) is 37.9 Å². The molecular weight excluding hydrogens is 412 g/mol. The SMILES string of the molecule is O=C1CN(Cc2c(F)cccc2F)CC(OCc2ccccn2)CN1Cc1ccccc1. The van der Waals surface area contributed by atoms with E-state index in [2.05, 4.69) is 4.98 Å². The third-order valence-electron chi connectivity index (χ3n) is 5.45. The molecule has 1 amide bonds. The van der Waals surface area contributed by atoms with E-state index in [1.54, 1.807) is 16.0 Å².